The van der Waals surface area contributed by atoms with E-state index in [0.29, 0.717) is 12.0 Å². The zero-order valence-corrected chi connectivity index (χ0v) is 13.7. The second-order valence-corrected chi connectivity index (χ2v) is 7.06. The van der Waals surface area contributed by atoms with Gasteiger partial charge in [0.2, 0.25) is 5.91 Å². The summed E-state index contributed by atoms with van der Waals surface area (Å²) in [4.78, 5) is 12.1. The molecule has 2 aliphatic rings. The van der Waals surface area contributed by atoms with E-state index in [0.717, 1.165) is 23.8 Å². The van der Waals surface area contributed by atoms with Gasteiger partial charge in [0, 0.05) is 12.1 Å². The van der Waals surface area contributed by atoms with Crippen LogP contribution in [0, 0.1) is 17.8 Å². The Morgan fingerprint density at radius 2 is 2.05 bits per heavy atom. The van der Waals surface area contributed by atoms with E-state index in [1.165, 1.54) is 31.2 Å². The van der Waals surface area contributed by atoms with E-state index in [9.17, 15) is 4.79 Å². The van der Waals surface area contributed by atoms with Crippen LogP contribution < -0.4 is 5.32 Å². The van der Waals surface area contributed by atoms with Crippen LogP contribution in [0.15, 0.2) is 30.3 Å². The smallest absolute Gasteiger partial charge is 0.244 e. The molecule has 4 atom stereocenters. The van der Waals surface area contributed by atoms with E-state index < -0.39 is 0 Å². The Labute approximate surface area is 134 Å². The van der Waals surface area contributed by atoms with Gasteiger partial charge >= 0.3 is 0 Å². The van der Waals surface area contributed by atoms with E-state index >= 15 is 0 Å². The fourth-order valence-corrected chi connectivity index (χ4v) is 4.32. The number of aryl methyl sites for hydroxylation is 1. The van der Waals surface area contributed by atoms with Gasteiger partial charge in [-0.3, -0.25) is 4.79 Å². The number of hydrogen-bond acceptors (Lipinski definition) is 1. The van der Waals surface area contributed by atoms with E-state index in [1.807, 2.05) is 6.08 Å². The molecule has 2 bridgehead atoms. The van der Waals surface area contributed by atoms with E-state index in [1.54, 1.807) is 6.08 Å². The van der Waals surface area contributed by atoms with Crippen LogP contribution in [-0.2, 0) is 11.2 Å². The van der Waals surface area contributed by atoms with Crippen LogP contribution in [0.1, 0.15) is 50.7 Å². The molecule has 118 valence electrons. The highest BCUT2D eigenvalue weighted by Gasteiger charge is 2.41. The molecule has 2 saturated carbocycles. The third-order valence-corrected chi connectivity index (χ3v) is 5.62. The summed E-state index contributed by atoms with van der Waals surface area (Å²) in [6.07, 6.45) is 10.1. The number of benzene rings is 1. The van der Waals surface area contributed by atoms with Gasteiger partial charge in [-0.15, -0.1) is 0 Å². The van der Waals surface area contributed by atoms with Gasteiger partial charge in [0.1, 0.15) is 0 Å². The molecule has 2 nitrogen and oxygen atoms in total. The normalized spacial score (nSPS) is 28.2. The summed E-state index contributed by atoms with van der Waals surface area (Å²) in [6, 6.07) is 8.68. The van der Waals surface area contributed by atoms with Gasteiger partial charge in [0.25, 0.3) is 0 Å². The fourth-order valence-electron chi connectivity index (χ4n) is 4.32. The first-order valence-electron chi connectivity index (χ1n) is 8.73. The van der Waals surface area contributed by atoms with Gasteiger partial charge in [-0.25, -0.2) is 0 Å². The molecule has 0 radical (unpaired) electrons. The molecular weight excluding hydrogens is 270 g/mol. The lowest BCUT2D eigenvalue weighted by Crippen LogP contribution is -2.39. The SMILES string of the molecule is CCc1ccc(/C=C\C(=O)N[C@@H](C)[C@@H]2C[C@@H]3CC[C@@H]2C3)cc1. The Balaban J connectivity index is 1.52. The van der Waals surface area contributed by atoms with Crippen molar-refractivity contribution in [3.8, 4) is 0 Å². The summed E-state index contributed by atoms with van der Waals surface area (Å²) in [7, 11) is 0. The monoisotopic (exact) mass is 297 g/mol. The summed E-state index contributed by atoms with van der Waals surface area (Å²) in [5, 5.41) is 3.17. The molecule has 0 unspecified atom stereocenters. The number of carbonyl (C=O) groups excluding carboxylic acids is 1. The lowest BCUT2D eigenvalue weighted by Gasteiger charge is -2.28. The van der Waals surface area contributed by atoms with Crippen LogP contribution in [-0.4, -0.2) is 11.9 Å². The van der Waals surface area contributed by atoms with Gasteiger partial charge in [0.05, 0.1) is 0 Å². The van der Waals surface area contributed by atoms with Gasteiger partial charge in [0.15, 0.2) is 0 Å². The number of fused-ring (bicyclic) bond motifs is 2. The van der Waals surface area contributed by atoms with Crippen molar-refractivity contribution in [2.24, 2.45) is 17.8 Å². The molecule has 0 spiro atoms. The van der Waals surface area contributed by atoms with Crippen LogP contribution in [0.25, 0.3) is 6.08 Å². The maximum Gasteiger partial charge on any atom is 0.244 e. The standard InChI is InChI=1S/C20H27NO/c1-3-15-4-6-16(7-5-15)9-11-20(22)21-14(2)19-13-17-8-10-18(19)12-17/h4-7,9,11,14,17-19H,3,8,10,12-13H2,1-2H3,(H,21,22)/b11-9-/t14-,17+,18+,19-/m0/s1. The highest BCUT2D eigenvalue weighted by molar-refractivity contribution is 5.91. The topological polar surface area (TPSA) is 29.1 Å². The zero-order valence-electron chi connectivity index (χ0n) is 13.7. The zero-order chi connectivity index (χ0) is 15.5. The van der Waals surface area contributed by atoms with Crippen molar-refractivity contribution in [2.75, 3.05) is 0 Å². The lowest BCUT2D eigenvalue weighted by molar-refractivity contribution is -0.117. The number of rotatable bonds is 5. The molecule has 1 aromatic rings. The molecule has 0 saturated heterocycles. The van der Waals surface area contributed by atoms with Crippen LogP contribution >= 0.6 is 0 Å². The van der Waals surface area contributed by atoms with Crippen molar-refractivity contribution in [3.63, 3.8) is 0 Å². The molecule has 0 aliphatic heterocycles. The van der Waals surface area contributed by atoms with Crippen molar-refractivity contribution in [1.29, 1.82) is 0 Å². The molecule has 2 heteroatoms. The summed E-state index contributed by atoms with van der Waals surface area (Å²) in [5.41, 5.74) is 2.41. The van der Waals surface area contributed by atoms with Crippen molar-refractivity contribution in [1.82, 2.24) is 5.32 Å². The first kappa shape index (κ1) is 15.3. The van der Waals surface area contributed by atoms with Gasteiger partial charge in [-0.05, 0) is 67.6 Å². The van der Waals surface area contributed by atoms with Gasteiger partial charge in [-0.1, -0.05) is 37.6 Å². The molecule has 1 aromatic carbocycles. The quantitative estimate of drug-likeness (QED) is 0.811. The van der Waals surface area contributed by atoms with Crippen LogP contribution in [0.2, 0.25) is 0 Å². The summed E-state index contributed by atoms with van der Waals surface area (Å²) < 4.78 is 0. The Morgan fingerprint density at radius 1 is 1.27 bits per heavy atom. The molecule has 0 heterocycles. The summed E-state index contributed by atoms with van der Waals surface area (Å²) in [6.45, 7) is 4.32. The number of hydrogen-bond donors (Lipinski definition) is 1. The highest BCUT2D eigenvalue weighted by Crippen LogP contribution is 2.49. The maximum absolute atomic E-state index is 12.1. The fraction of sp³-hybridized carbons (Fsp3) is 0.550. The molecular formula is C20H27NO. The molecule has 1 N–H and O–H groups in total. The molecule has 2 fully saturated rings. The average Bonchev–Trinajstić information content (AvgIpc) is 3.16. The Bertz CT molecular complexity index is 545. The Kier molecular flexibility index (Phi) is 4.66. The van der Waals surface area contributed by atoms with Crippen molar-refractivity contribution in [3.05, 3.63) is 41.5 Å². The van der Waals surface area contributed by atoms with Gasteiger partial charge < -0.3 is 5.32 Å². The third-order valence-electron chi connectivity index (χ3n) is 5.62. The number of carbonyl (C=O) groups is 1. The predicted molar refractivity (Wildman–Crippen MR) is 91.4 cm³/mol. The number of nitrogens with one attached hydrogen (secondary N) is 1. The molecule has 22 heavy (non-hydrogen) atoms. The van der Waals surface area contributed by atoms with Crippen LogP contribution in [0.4, 0.5) is 0 Å². The van der Waals surface area contributed by atoms with Crippen LogP contribution in [0.3, 0.4) is 0 Å². The average molecular weight is 297 g/mol. The molecule has 0 aromatic heterocycles. The van der Waals surface area contributed by atoms with Gasteiger partial charge in [-0.2, -0.15) is 0 Å². The van der Waals surface area contributed by atoms with Crippen molar-refractivity contribution >= 4 is 12.0 Å². The Hall–Kier alpha value is -1.57. The second kappa shape index (κ2) is 6.68. The van der Waals surface area contributed by atoms with Crippen molar-refractivity contribution < 1.29 is 4.79 Å². The highest BCUT2D eigenvalue weighted by atomic mass is 16.1. The Morgan fingerprint density at radius 3 is 2.64 bits per heavy atom. The number of amides is 1. The predicted octanol–water partition coefficient (Wildman–Crippen LogP) is 4.20. The van der Waals surface area contributed by atoms with E-state index in [-0.39, 0.29) is 5.91 Å². The molecule has 1 amide bonds. The lowest BCUT2D eigenvalue weighted by atomic mass is 9.84. The van der Waals surface area contributed by atoms with E-state index in [4.69, 9.17) is 0 Å². The molecule has 3 rings (SSSR count). The third kappa shape index (κ3) is 3.43. The summed E-state index contributed by atoms with van der Waals surface area (Å²) >= 11 is 0. The largest absolute Gasteiger partial charge is 0.350 e. The minimum atomic E-state index is 0.0369. The van der Waals surface area contributed by atoms with E-state index in [2.05, 4.69) is 43.4 Å². The van der Waals surface area contributed by atoms with Crippen LogP contribution in [0.5, 0.6) is 0 Å². The molecule has 2 aliphatic carbocycles. The maximum atomic E-state index is 12.1. The first-order valence-corrected chi connectivity index (χ1v) is 8.73. The second-order valence-electron chi connectivity index (χ2n) is 7.06. The minimum Gasteiger partial charge on any atom is -0.350 e. The minimum absolute atomic E-state index is 0.0369. The summed E-state index contributed by atoms with van der Waals surface area (Å²) in [5.74, 6) is 2.52. The first-order chi connectivity index (χ1) is 10.7. The van der Waals surface area contributed by atoms with Crippen molar-refractivity contribution in [2.45, 2.75) is 52.0 Å².